The summed E-state index contributed by atoms with van der Waals surface area (Å²) in [5.41, 5.74) is 5.68. The Morgan fingerprint density at radius 3 is 2.43 bits per heavy atom. The summed E-state index contributed by atoms with van der Waals surface area (Å²) in [5, 5.41) is 0. The highest BCUT2D eigenvalue weighted by Gasteiger charge is 1.99. The van der Waals surface area contributed by atoms with Crippen LogP contribution in [0.4, 0.5) is 0 Å². The van der Waals surface area contributed by atoms with Crippen molar-refractivity contribution in [2.45, 2.75) is 38.6 Å². The summed E-state index contributed by atoms with van der Waals surface area (Å²) in [4.78, 5) is 2.36. The van der Waals surface area contributed by atoms with Crippen molar-refractivity contribution in [3.05, 3.63) is 0 Å². The lowest BCUT2D eigenvalue weighted by atomic mass is 10.1. The van der Waals surface area contributed by atoms with E-state index in [0.29, 0.717) is 6.04 Å². The Labute approximate surface area is 88.6 Å². The van der Waals surface area contributed by atoms with Crippen LogP contribution in [0.3, 0.4) is 0 Å². The maximum atomic E-state index is 5.68. The first-order valence-electron chi connectivity index (χ1n) is 5.60. The summed E-state index contributed by atoms with van der Waals surface area (Å²) in [6.45, 7) is 5.24. The third-order valence-corrected chi connectivity index (χ3v) is 2.34. The fourth-order valence-electron chi connectivity index (χ4n) is 1.44. The second-order valence-electron chi connectivity index (χ2n) is 4.12. The molecule has 0 spiro atoms. The molecule has 14 heavy (non-hydrogen) atoms. The lowest BCUT2D eigenvalue weighted by Gasteiger charge is -2.16. The second kappa shape index (κ2) is 9.44. The lowest BCUT2D eigenvalue weighted by molar-refractivity contribution is 0.179. The molecule has 0 saturated carbocycles. The van der Waals surface area contributed by atoms with E-state index in [1.165, 1.54) is 19.4 Å². The zero-order valence-corrected chi connectivity index (χ0v) is 9.96. The molecule has 0 aromatic carbocycles. The summed E-state index contributed by atoms with van der Waals surface area (Å²) < 4.78 is 5.01. The Hall–Kier alpha value is -0.120. The average molecular weight is 202 g/mol. The van der Waals surface area contributed by atoms with E-state index in [2.05, 4.69) is 18.9 Å². The Morgan fingerprint density at radius 2 is 1.86 bits per heavy atom. The van der Waals surface area contributed by atoms with Crippen molar-refractivity contribution in [3.63, 3.8) is 0 Å². The van der Waals surface area contributed by atoms with Crippen molar-refractivity contribution >= 4 is 0 Å². The SMILES string of the molecule is COCCCN(C)CCCCC(C)N. The normalized spacial score (nSPS) is 13.5. The first-order valence-corrected chi connectivity index (χ1v) is 5.60. The zero-order chi connectivity index (χ0) is 10.8. The van der Waals surface area contributed by atoms with Crippen molar-refractivity contribution in [2.24, 2.45) is 5.73 Å². The van der Waals surface area contributed by atoms with Gasteiger partial charge in [0.15, 0.2) is 0 Å². The minimum Gasteiger partial charge on any atom is -0.385 e. The lowest BCUT2D eigenvalue weighted by Crippen LogP contribution is -2.22. The number of unbranched alkanes of at least 4 members (excludes halogenated alkanes) is 1. The van der Waals surface area contributed by atoms with Gasteiger partial charge < -0.3 is 15.4 Å². The predicted molar refractivity (Wildman–Crippen MR) is 61.5 cm³/mol. The first kappa shape index (κ1) is 13.9. The van der Waals surface area contributed by atoms with E-state index in [9.17, 15) is 0 Å². The minimum atomic E-state index is 0.355. The van der Waals surface area contributed by atoms with Crippen LogP contribution in [0.5, 0.6) is 0 Å². The third kappa shape index (κ3) is 9.96. The highest BCUT2D eigenvalue weighted by atomic mass is 16.5. The highest BCUT2D eigenvalue weighted by molar-refractivity contribution is 4.56. The molecule has 0 aliphatic rings. The van der Waals surface area contributed by atoms with Crippen LogP contribution >= 0.6 is 0 Å². The number of nitrogens with zero attached hydrogens (tertiary/aromatic N) is 1. The van der Waals surface area contributed by atoms with Gasteiger partial charge in [0.25, 0.3) is 0 Å². The van der Waals surface area contributed by atoms with Crippen LogP contribution in [0.25, 0.3) is 0 Å². The highest BCUT2D eigenvalue weighted by Crippen LogP contribution is 2.00. The van der Waals surface area contributed by atoms with Crippen LogP contribution in [0.2, 0.25) is 0 Å². The molecule has 3 heteroatoms. The molecule has 0 fully saturated rings. The summed E-state index contributed by atoms with van der Waals surface area (Å²) in [5.74, 6) is 0. The van der Waals surface area contributed by atoms with E-state index in [4.69, 9.17) is 10.5 Å². The molecule has 0 aromatic heterocycles. The van der Waals surface area contributed by atoms with Gasteiger partial charge in [0.1, 0.15) is 0 Å². The fourth-order valence-corrected chi connectivity index (χ4v) is 1.44. The van der Waals surface area contributed by atoms with Gasteiger partial charge in [0, 0.05) is 26.3 Å². The van der Waals surface area contributed by atoms with E-state index >= 15 is 0 Å². The quantitative estimate of drug-likeness (QED) is 0.575. The van der Waals surface area contributed by atoms with E-state index < -0.39 is 0 Å². The van der Waals surface area contributed by atoms with Crippen LogP contribution < -0.4 is 5.73 Å². The molecule has 2 N–H and O–H groups in total. The standard InChI is InChI=1S/C11H26N2O/c1-11(12)7-4-5-8-13(2)9-6-10-14-3/h11H,4-10,12H2,1-3H3. The Kier molecular flexibility index (Phi) is 9.35. The molecule has 0 saturated heterocycles. The molecule has 0 heterocycles. The molecule has 0 bridgehead atoms. The predicted octanol–water partition coefficient (Wildman–Crippen LogP) is 1.47. The maximum Gasteiger partial charge on any atom is 0.0474 e. The van der Waals surface area contributed by atoms with Crippen molar-refractivity contribution in [1.29, 1.82) is 0 Å². The summed E-state index contributed by atoms with van der Waals surface area (Å²) in [7, 11) is 3.92. The van der Waals surface area contributed by atoms with Crippen molar-refractivity contribution in [2.75, 3.05) is 33.9 Å². The molecule has 86 valence electrons. The fraction of sp³-hybridized carbons (Fsp3) is 1.00. The summed E-state index contributed by atoms with van der Waals surface area (Å²) in [6.07, 6.45) is 4.77. The molecule has 1 unspecified atom stereocenters. The van der Waals surface area contributed by atoms with Gasteiger partial charge in [-0.05, 0) is 39.8 Å². The van der Waals surface area contributed by atoms with Gasteiger partial charge in [0.2, 0.25) is 0 Å². The Bertz CT molecular complexity index is 118. The van der Waals surface area contributed by atoms with Crippen LogP contribution in [0, 0.1) is 0 Å². The monoisotopic (exact) mass is 202 g/mol. The van der Waals surface area contributed by atoms with Crippen LogP contribution in [-0.4, -0.2) is 44.8 Å². The second-order valence-corrected chi connectivity index (χ2v) is 4.12. The molecule has 3 nitrogen and oxygen atoms in total. The smallest absolute Gasteiger partial charge is 0.0474 e. The van der Waals surface area contributed by atoms with E-state index in [1.54, 1.807) is 7.11 Å². The molecular formula is C11H26N2O. The number of methoxy groups -OCH3 is 1. The van der Waals surface area contributed by atoms with E-state index in [-0.39, 0.29) is 0 Å². The third-order valence-electron chi connectivity index (χ3n) is 2.34. The van der Waals surface area contributed by atoms with Crippen molar-refractivity contribution in [3.8, 4) is 0 Å². The molecule has 0 aliphatic carbocycles. The zero-order valence-electron chi connectivity index (χ0n) is 9.96. The molecule has 0 amide bonds. The van der Waals surface area contributed by atoms with Gasteiger partial charge in [0.05, 0.1) is 0 Å². The molecule has 0 aromatic rings. The number of hydrogen-bond acceptors (Lipinski definition) is 3. The van der Waals surface area contributed by atoms with Gasteiger partial charge in [-0.2, -0.15) is 0 Å². The summed E-state index contributed by atoms with van der Waals surface area (Å²) >= 11 is 0. The van der Waals surface area contributed by atoms with Gasteiger partial charge in [-0.1, -0.05) is 6.42 Å². The largest absolute Gasteiger partial charge is 0.385 e. The van der Waals surface area contributed by atoms with Gasteiger partial charge >= 0.3 is 0 Å². The number of rotatable bonds is 9. The minimum absolute atomic E-state index is 0.355. The topological polar surface area (TPSA) is 38.5 Å². The number of hydrogen-bond donors (Lipinski definition) is 1. The van der Waals surface area contributed by atoms with Crippen LogP contribution in [0.1, 0.15) is 32.6 Å². The van der Waals surface area contributed by atoms with Gasteiger partial charge in [-0.3, -0.25) is 0 Å². The molecule has 0 rings (SSSR count). The Morgan fingerprint density at radius 1 is 1.21 bits per heavy atom. The summed E-state index contributed by atoms with van der Waals surface area (Å²) in [6, 6.07) is 0.355. The van der Waals surface area contributed by atoms with Crippen molar-refractivity contribution in [1.82, 2.24) is 4.90 Å². The molecular weight excluding hydrogens is 176 g/mol. The van der Waals surface area contributed by atoms with E-state index in [0.717, 1.165) is 26.0 Å². The Balaban J connectivity index is 3.14. The number of ether oxygens (including phenoxy) is 1. The van der Waals surface area contributed by atoms with E-state index in [1.807, 2.05) is 0 Å². The van der Waals surface area contributed by atoms with Gasteiger partial charge in [-0.25, -0.2) is 0 Å². The average Bonchev–Trinajstić information content (AvgIpc) is 2.13. The van der Waals surface area contributed by atoms with Crippen molar-refractivity contribution < 1.29 is 4.74 Å². The maximum absolute atomic E-state index is 5.68. The van der Waals surface area contributed by atoms with Crippen LogP contribution in [0.15, 0.2) is 0 Å². The molecule has 0 aliphatic heterocycles. The number of nitrogens with two attached hydrogens (primary N) is 1. The molecule has 0 radical (unpaired) electrons. The molecule has 1 atom stereocenters. The van der Waals surface area contributed by atoms with Crippen LogP contribution in [-0.2, 0) is 4.74 Å². The first-order chi connectivity index (χ1) is 6.66. The van der Waals surface area contributed by atoms with Gasteiger partial charge in [-0.15, -0.1) is 0 Å².